The molecule has 25 heavy (non-hydrogen) atoms. The molecule has 1 aliphatic carbocycles. The number of carbonyl (C=O) groups is 5. The summed E-state index contributed by atoms with van der Waals surface area (Å²) in [5, 5.41) is 46.7. The van der Waals surface area contributed by atoms with Gasteiger partial charge in [-0.05, 0) is 18.6 Å². The van der Waals surface area contributed by atoms with Crippen LogP contribution in [0.5, 0.6) is 0 Å². The lowest BCUT2D eigenvalue weighted by atomic mass is 9.67. The lowest BCUT2D eigenvalue weighted by Crippen LogP contribution is -2.47. The average Bonchev–Trinajstić information content (AvgIpc) is 2.51. The predicted octanol–water partition coefficient (Wildman–Crippen LogP) is 0.362. The first-order valence-electron chi connectivity index (χ1n) is 6.60. The van der Waals surface area contributed by atoms with Crippen molar-refractivity contribution in [2.75, 3.05) is 0 Å². The zero-order valence-corrected chi connectivity index (χ0v) is 12.2. The van der Waals surface area contributed by atoms with Gasteiger partial charge in [0, 0.05) is 11.1 Å². The minimum Gasteiger partial charge on any atom is -0.480 e. The smallest absolute Gasteiger partial charge is 0.336 e. The van der Waals surface area contributed by atoms with Gasteiger partial charge >= 0.3 is 29.8 Å². The zero-order valence-electron chi connectivity index (χ0n) is 12.2. The Kier molecular flexibility index (Phi) is 4.06. The molecule has 0 amide bonds. The lowest BCUT2D eigenvalue weighted by molar-refractivity contribution is -0.157. The van der Waals surface area contributed by atoms with Crippen LogP contribution in [-0.4, -0.2) is 55.4 Å². The van der Waals surface area contributed by atoms with Crippen molar-refractivity contribution in [2.45, 2.75) is 11.8 Å². The molecule has 0 fully saturated rings. The number of hydrogen-bond donors (Lipinski definition) is 5. The molecule has 5 N–H and O–H groups in total. The maximum absolute atomic E-state index is 11.7. The van der Waals surface area contributed by atoms with Crippen molar-refractivity contribution in [2.24, 2.45) is 0 Å². The van der Waals surface area contributed by atoms with Crippen molar-refractivity contribution in [1.82, 2.24) is 0 Å². The molecule has 0 atom stereocenters. The summed E-state index contributed by atoms with van der Waals surface area (Å²) in [7, 11) is 0. The molecule has 0 spiro atoms. The largest absolute Gasteiger partial charge is 0.480 e. The lowest BCUT2D eigenvalue weighted by Gasteiger charge is -2.32. The highest BCUT2D eigenvalue weighted by atomic mass is 16.4. The molecule has 10 heteroatoms. The van der Waals surface area contributed by atoms with Gasteiger partial charge in [-0.1, -0.05) is 6.08 Å². The highest BCUT2D eigenvalue weighted by Crippen LogP contribution is 2.43. The van der Waals surface area contributed by atoms with Crippen molar-refractivity contribution >= 4 is 35.4 Å². The Morgan fingerprint density at radius 1 is 0.760 bits per heavy atom. The Balaban J connectivity index is 3.12. The summed E-state index contributed by atoms with van der Waals surface area (Å²) >= 11 is 0. The second kappa shape index (κ2) is 5.74. The third kappa shape index (κ3) is 2.40. The molecule has 0 saturated carbocycles. The SMILES string of the molecule is O=C(O)C1=CCC(C(=O)O)(C(=O)O)c2c(C(=O)O)ccc(C(=O)O)c21. The van der Waals surface area contributed by atoms with Gasteiger partial charge in [0.05, 0.1) is 16.7 Å². The van der Waals surface area contributed by atoms with Crippen LogP contribution in [-0.2, 0) is 19.8 Å². The monoisotopic (exact) mass is 350 g/mol. The summed E-state index contributed by atoms with van der Waals surface area (Å²) in [6, 6.07) is 1.54. The number of fused-ring (bicyclic) bond motifs is 1. The highest BCUT2D eigenvalue weighted by molar-refractivity contribution is 6.22. The van der Waals surface area contributed by atoms with E-state index < -0.39 is 69.5 Å². The van der Waals surface area contributed by atoms with Crippen molar-refractivity contribution in [3.63, 3.8) is 0 Å². The molecule has 1 aromatic carbocycles. The summed E-state index contributed by atoms with van der Waals surface area (Å²) < 4.78 is 0. The fourth-order valence-corrected chi connectivity index (χ4v) is 2.82. The van der Waals surface area contributed by atoms with Crippen LogP contribution in [0.4, 0.5) is 0 Å². The van der Waals surface area contributed by atoms with Gasteiger partial charge in [-0.2, -0.15) is 0 Å². The fourth-order valence-electron chi connectivity index (χ4n) is 2.82. The number of hydrogen-bond acceptors (Lipinski definition) is 5. The van der Waals surface area contributed by atoms with Crippen molar-refractivity contribution < 1.29 is 49.5 Å². The topological polar surface area (TPSA) is 186 Å². The van der Waals surface area contributed by atoms with Gasteiger partial charge in [-0.3, -0.25) is 9.59 Å². The van der Waals surface area contributed by atoms with Crippen LogP contribution >= 0.6 is 0 Å². The number of aromatic carboxylic acids is 2. The predicted molar refractivity (Wildman–Crippen MR) is 77.5 cm³/mol. The molecule has 0 unspecified atom stereocenters. The van der Waals surface area contributed by atoms with Gasteiger partial charge in [0.1, 0.15) is 0 Å². The number of benzene rings is 1. The maximum atomic E-state index is 11.7. The van der Waals surface area contributed by atoms with Crippen molar-refractivity contribution in [1.29, 1.82) is 0 Å². The number of carboxylic acid groups (broad SMARTS) is 5. The molecule has 0 heterocycles. The van der Waals surface area contributed by atoms with E-state index in [2.05, 4.69) is 0 Å². The summed E-state index contributed by atoms with van der Waals surface area (Å²) in [6.07, 6.45) is -0.0827. The van der Waals surface area contributed by atoms with E-state index in [0.29, 0.717) is 0 Å². The van der Waals surface area contributed by atoms with Crippen LogP contribution in [0.3, 0.4) is 0 Å². The summed E-state index contributed by atoms with van der Waals surface area (Å²) in [5.74, 6) is -8.90. The van der Waals surface area contributed by atoms with Gasteiger partial charge in [-0.25, -0.2) is 14.4 Å². The molecule has 0 aromatic heterocycles. The Bertz CT molecular complexity index is 863. The van der Waals surface area contributed by atoms with Gasteiger partial charge < -0.3 is 25.5 Å². The quantitative estimate of drug-likeness (QED) is 0.464. The number of allylic oxidation sites excluding steroid dienone is 1. The van der Waals surface area contributed by atoms with E-state index in [9.17, 15) is 49.5 Å². The second-order valence-corrected chi connectivity index (χ2v) is 5.16. The first kappa shape index (κ1) is 17.7. The van der Waals surface area contributed by atoms with E-state index in [4.69, 9.17) is 0 Å². The summed E-state index contributed by atoms with van der Waals surface area (Å²) in [6.45, 7) is 0. The van der Waals surface area contributed by atoms with Crippen LogP contribution in [0.2, 0.25) is 0 Å². The summed E-state index contributed by atoms with van der Waals surface area (Å²) in [4.78, 5) is 57.7. The third-order valence-electron chi connectivity index (χ3n) is 3.94. The normalized spacial score (nSPS) is 14.8. The van der Waals surface area contributed by atoms with Gasteiger partial charge in [-0.15, -0.1) is 0 Å². The first-order chi connectivity index (χ1) is 11.6. The van der Waals surface area contributed by atoms with Gasteiger partial charge in [0.2, 0.25) is 0 Å². The van der Waals surface area contributed by atoms with E-state index in [1.54, 1.807) is 0 Å². The number of aliphatic carboxylic acids is 3. The first-order valence-corrected chi connectivity index (χ1v) is 6.60. The third-order valence-corrected chi connectivity index (χ3v) is 3.94. The maximum Gasteiger partial charge on any atom is 0.336 e. The molecule has 0 saturated heterocycles. The highest BCUT2D eigenvalue weighted by Gasteiger charge is 2.54. The fraction of sp³-hybridized carbons (Fsp3) is 0.133. The average molecular weight is 350 g/mol. The van der Waals surface area contributed by atoms with E-state index in [1.807, 2.05) is 0 Å². The van der Waals surface area contributed by atoms with Crippen LogP contribution in [0.25, 0.3) is 5.57 Å². The van der Waals surface area contributed by atoms with Crippen LogP contribution < -0.4 is 0 Å². The summed E-state index contributed by atoms with van der Waals surface area (Å²) in [5.41, 5.74) is -6.62. The molecular formula is C15H10O10. The van der Waals surface area contributed by atoms with E-state index >= 15 is 0 Å². The minimum atomic E-state index is -2.83. The molecule has 0 aliphatic heterocycles. The van der Waals surface area contributed by atoms with Crippen LogP contribution in [0.1, 0.15) is 38.3 Å². The zero-order chi connectivity index (χ0) is 19.1. The molecule has 2 rings (SSSR count). The molecular weight excluding hydrogens is 340 g/mol. The van der Waals surface area contributed by atoms with E-state index in [1.165, 1.54) is 0 Å². The number of rotatable bonds is 5. The minimum absolute atomic E-state index is 0.673. The Labute approximate surface area is 138 Å². The second-order valence-electron chi connectivity index (χ2n) is 5.16. The standard InChI is InChI=1S/C15H10O10/c16-10(17)5-1-2-7(12(20)21)9-8(5)6(11(18)19)3-4-15(9,13(22)23)14(24)25/h1-3H,4H2,(H,16,17)(H,18,19)(H,20,21)(H,22,23)(H,24,25). The molecule has 10 nitrogen and oxygen atoms in total. The molecule has 1 aromatic rings. The number of carboxylic acids is 5. The Morgan fingerprint density at radius 2 is 1.24 bits per heavy atom. The Hall–Kier alpha value is -3.69. The van der Waals surface area contributed by atoms with Crippen molar-refractivity contribution in [3.8, 4) is 0 Å². The van der Waals surface area contributed by atoms with Crippen LogP contribution in [0.15, 0.2) is 18.2 Å². The van der Waals surface area contributed by atoms with Crippen LogP contribution in [0, 0.1) is 0 Å². The van der Waals surface area contributed by atoms with E-state index in [0.717, 1.165) is 18.2 Å². The van der Waals surface area contributed by atoms with Crippen molar-refractivity contribution in [3.05, 3.63) is 40.5 Å². The molecule has 1 aliphatic rings. The molecule has 0 radical (unpaired) electrons. The van der Waals surface area contributed by atoms with Gasteiger partial charge in [0.15, 0.2) is 5.41 Å². The Morgan fingerprint density at radius 3 is 1.64 bits per heavy atom. The molecule has 130 valence electrons. The van der Waals surface area contributed by atoms with Gasteiger partial charge in [0.25, 0.3) is 0 Å². The van der Waals surface area contributed by atoms with E-state index in [-0.39, 0.29) is 0 Å². The molecule has 0 bridgehead atoms.